The molecule has 0 saturated heterocycles. The summed E-state index contributed by atoms with van der Waals surface area (Å²) in [5.74, 6) is 1.78. The maximum atomic E-state index is 6.41. The molecule has 0 aliphatic rings. The Morgan fingerprint density at radius 3 is 1.31 bits per heavy atom. The van der Waals surface area contributed by atoms with Crippen LogP contribution in [0.1, 0.15) is 0 Å². The monoisotopic (exact) mass is 628 g/mol. The zero-order valence-corrected chi connectivity index (χ0v) is 26.4. The van der Waals surface area contributed by atoms with E-state index in [9.17, 15) is 0 Å². The summed E-state index contributed by atoms with van der Waals surface area (Å²) >= 11 is 0. The molecule has 9 aromatic rings. The molecular weight excluding hydrogens is 601 g/mol. The van der Waals surface area contributed by atoms with Gasteiger partial charge in [0.15, 0.2) is 17.5 Å². The van der Waals surface area contributed by atoms with Crippen LogP contribution in [0.3, 0.4) is 0 Å². The molecule has 0 radical (unpaired) electrons. The molecule has 0 spiro atoms. The van der Waals surface area contributed by atoms with Gasteiger partial charge in [0.25, 0.3) is 0 Å². The third-order valence-electron chi connectivity index (χ3n) is 8.82. The summed E-state index contributed by atoms with van der Waals surface area (Å²) in [7, 11) is 0. The molecule has 5 nitrogen and oxygen atoms in total. The van der Waals surface area contributed by atoms with Gasteiger partial charge in [-0.2, -0.15) is 0 Å². The van der Waals surface area contributed by atoms with Gasteiger partial charge in [0.05, 0.1) is 11.1 Å². The van der Waals surface area contributed by atoms with Gasteiger partial charge in [-0.1, -0.05) is 146 Å². The topological polar surface area (TPSA) is 64.7 Å². The van der Waals surface area contributed by atoms with Crippen LogP contribution in [0.5, 0.6) is 0 Å². The Bertz CT molecular complexity index is 2460. The van der Waals surface area contributed by atoms with E-state index >= 15 is 0 Å². The smallest absolute Gasteiger partial charge is 0.164 e. The standard InChI is InChI=1S/C44H28N4O/c1-4-10-29(11-5-1)31-16-20-34(21-17-31)42-46-43(35-22-18-32(19-23-35)30-12-6-2-7-13-30)48-44(47-42)36-24-25-37-39(28-36)49-38-26-27-45-41(40(37)38)33-14-8-3-9-15-33/h1-28H. The Balaban J connectivity index is 1.16. The molecule has 49 heavy (non-hydrogen) atoms. The minimum Gasteiger partial charge on any atom is -0.456 e. The highest BCUT2D eigenvalue weighted by atomic mass is 16.3. The molecule has 0 amide bonds. The minimum atomic E-state index is 0.572. The van der Waals surface area contributed by atoms with Crippen molar-refractivity contribution in [3.05, 3.63) is 170 Å². The van der Waals surface area contributed by atoms with E-state index in [1.807, 2.05) is 42.5 Å². The molecule has 0 aliphatic carbocycles. The number of aromatic nitrogens is 4. The number of furan rings is 1. The van der Waals surface area contributed by atoms with Crippen LogP contribution in [-0.4, -0.2) is 19.9 Å². The van der Waals surface area contributed by atoms with E-state index in [-0.39, 0.29) is 0 Å². The lowest BCUT2D eigenvalue weighted by Gasteiger charge is -2.10. The normalized spacial score (nSPS) is 11.3. The number of fused-ring (bicyclic) bond motifs is 3. The summed E-state index contributed by atoms with van der Waals surface area (Å²) in [5.41, 5.74) is 10.7. The van der Waals surface area contributed by atoms with E-state index in [1.54, 1.807) is 6.20 Å². The number of rotatable bonds is 6. The second-order valence-electron chi connectivity index (χ2n) is 11.9. The van der Waals surface area contributed by atoms with E-state index in [0.29, 0.717) is 17.5 Å². The Kier molecular flexibility index (Phi) is 7.06. The van der Waals surface area contributed by atoms with Crippen molar-refractivity contribution < 1.29 is 4.42 Å². The fourth-order valence-corrected chi connectivity index (χ4v) is 6.32. The van der Waals surface area contributed by atoms with Crippen molar-refractivity contribution in [1.29, 1.82) is 0 Å². The average molecular weight is 629 g/mol. The lowest BCUT2D eigenvalue weighted by atomic mass is 10.0. The first-order chi connectivity index (χ1) is 24.3. The van der Waals surface area contributed by atoms with Crippen molar-refractivity contribution >= 4 is 21.9 Å². The molecule has 0 aliphatic heterocycles. The van der Waals surface area contributed by atoms with Crippen LogP contribution in [0.25, 0.3) is 89.6 Å². The van der Waals surface area contributed by atoms with Crippen LogP contribution in [-0.2, 0) is 0 Å². The molecule has 0 fully saturated rings. The summed E-state index contributed by atoms with van der Waals surface area (Å²) in [6, 6.07) is 55.7. The first-order valence-electron chi connectivity index (χ1n) is 16.2. The van der Waals surface area contributed by atoms with Gasteiger partial charge in [-0.25, -0.2) is 15.0 Å². The average Bonchev–Trinajstić information content (AvgIpc) is 3.57. The predicted octanol–water partition coefficient (Wildman–Crippen LogP) is 11.2. The van der Waals surface area contributed by atoms with Crippen molar-refractivity contribution in [2.75, 3.05) is 0 Å². The lowest BCUT2D eigenvalue weighted by Crippen LogP contribution is -2.00. The highest BCUT2D eigenvalue weighted by Gasteiger charge is 2.17. The van der Waals surface area contributed by atoms with Gasteiger partial charge in [-0.15, -0.1) is 0 Å². The van der Waals surface area contributed by atoms with Gasteiger partial charge in [0.2, 0.25) is 0 Å². The highest BCUT2D eigenvalue weighted by molar-refractivity contribution is 6.11. The Morgan fingerprint density at radius 1 is 0.347 bits per heavy atom. The summed E-state index contributed by atoms with van der Waals surface area (Å²) in [4.78, 5) is 19.8. The predicted molar refractivity (Wildman–Crippen MR) is 198 cm³/mol. The van der Waals surface area contributed by atoms with E-state index in [4.69, 9.17) is 24.4 Å². The van der Waals surface area contributed by atoms with E-state index in [0.717, 1.165) is 72.1 Å². The number of nitrogens with zero attached hydrogens (tertiary/aromatic N) is 4. The summed E-state index contributed by atoms with van der Waals surface area (Å²) in [5, 5.41) is 1.98. The molecule has 0 saturated carbocycles. The second kappa shape index (κ2) is 12.1. The Morgan fingerprint density at radius 2 is 0.776 bits per heavy atom. The van der Waals surface area contributed by atoms with Crippen molar-refractivity contribution in [2.45, 2.75) is 0 Å². The van der Waals surface area contributed by atoms with Gasteiger partial charge in [-0.3, -0.25) is 4.98 Å². The van der Waals surface area contributed by atoms with E-state index < -0.39 is 0 Å². The van der Waals surface area contributed by atoms with Crippen LogP contribution in [0.15, 0.2) is 174 Å². The number of pyridine rings is 1. The van der Waals surface area contributed by atoms with Crippen LogP contribution in [0, 0.1) is 0 Å². The third-order valence-corrected chi connectivity index (χ3v) is 8.82. The summed E-state index contributed by atoms with van der Waals surface area (Å²) in [6.45, 7) is 0. The second-order valence-corrected chi connectivity index (χ2v) is 11.9. The molecular formula is C44H28N4O. The van der Waals surface area contributed by atoms with Gasteiger partial charge in [-0.05, 0) is 40.5 Å². The van der Waals surface area contributed by atoms with Gasteiger partial charge >= 0.3 is 0 Å². The molecule has 230 valence electrons. The zero-order chi connectivity index (χ0) is 32.6. The zero-order valence-electron chi connectivity index (χ0n) is 26.4. The molecule has 0 N–H and O–H groups in total. The molecule has 9 rings (SSSR count). The highest BCUT2D eigenvalue weighted by Crippen LogP contribution is 2.37. The quantitative estimate of drug-likeness (QED) is 0.183. The number of hydrogen-bond acceptors (Lipinski definition) is 5. The minimum absolute atomic E-state index is 0.572. The SMILES string of the molecule is c1ccc(-c2ccc(-c3nc(-c4ccc(-c5ccccc5)cc4)nc(-c4ccc5c(c4)oc4ccnc(-c6ccccc6)c45)n3)cc2)cc1. The van der Waals surface area contributed by atoms with Gasteiger partial charge in [0.1, 0.15) is 11.2 Å². The lowest BCUT2D eigenvalue weighted by molar-refractivity contribution is 0.668. The molecule has 6 aromatic carbocycles. The van der Waals surface area contributed by atoms with Crippen molar-refractivity contribution in [1.82, 2.24) is 19.9 Å². The first kappa shape index (κ1) is 28.5. The number of benzene rings is 6. The Hall–Kier alpha value is -6.72. The molecule has 3 heterocycles. The first-order valence-corrected chi connectivity index (χ1v) is 16.2. The largest absolute Gasteiger partial charge is 0.456 e. The molecule has 0 bridgehead atoms. The van der Waals surface area contributed by atoms with Crippen molar-refractivity contribution in [2.24, 2.45) is 0 Å². The maximum Gasteiger partial charge on any atom is 0.164 e. The van der Waals surface area contributed by atoms with Crippen LogP contribution >= 0.6 is 0 Å². The molecule has 3 aromatic heterocycles. The third kappa shape index (κ3) is 5.43. The fraction of sp³-hybridized carbons (Fsp3) is 0. The van der Waals surface area contributed by atoms with Crippen molar-refractivity contribution in [3.8, 4) is 67.7 Å². The van der Waals surface area contributed by atoms with Crippen molar-refractivity contribution in [3.63, 3.8) is 0 Å². The summed E-state index contributed by atoms with van der Waals surface area (Å²) < 4.78 is 6.41. The van der Waals surface area contributed by atoms with Crippen LogP contribution < -0.4 is 0 Å². The fourth-order valence-electron chi connectivity index (χ4n) is 6.32. The van der Waals surface area contributed by atoms with Gasteiger partial charge < -0.3 is 4.42 Å². The molecule has 0 unspecified atom stereocenters. The van der Waals surface area contributed by atoms with Crippen LogP contribution in [0.2, 0.25) is 0 Å². The Labute approximate surface area is 283 Å². The molecule has 5 heteroatoms. The van der Waals surface area contributed by atoms with Gasteiger partial charge in [0, 0.05) is 33.8 Å². The number of hydrogen-bond donors (Lipinski definition) is 0. The summed E-state index contributed by atoms with van der Waals surface area (Å²) in [6.07, 6.45) is 1.80. The molecule has 0 atom stereocenters. The van der Waals surface area contributed by atoms with Crippen LogP contribution in [0.4, 0.5) is 0 Å². The maximum absolute atomic E-state index is 6.41. The van der Waals surface area contributed by atoms with E-state index in [1.165, 1.54) is 0 Å². The van der Waals surface area contributed by atoms with E-state index in [2.05, 4.69) is 121 Å².